The summed E-state index contributed by atoms with van der Waals surface area (Å²) in [6.45, 7) is 6.16. The molecule has 0 spiro atoms. The van der Waals surface area contributed by atoms with E-state index in [1.54, 1.807) is 6.33 Å². The summed E-state index contributed by atoms with van der Waals surface area (Å²) in [5, 5.41) is 7.71. The summed E-state index contributed by atoms with van der Waals surface area (Å²) >= 11 is 1.90. The summed E-state index contributed by atoms with van der Waals surface area (Å²) in [7, 11) is 0. The van der Waals surface area contributed by atoms with E-state index in [-0.39, 0.29) is 0 Å². The Morgan fingerprint density at radius 1 is 1.50 bits per heavy atom. The fourth-order valence-corrected chi connectivity index (χ4v) is 2.28. The van der Waals surface area contributed by atoms with Crippen molar-refractivity contribution in [3.05, 3.63) is 12.2 Å². The molecule has 1 unspecified atom stereocenters. The third kappa shape index (κ3) is 4.14. The predicted molar refractivity (Wildman–Crippen MR) is 69.9 cm³/mol. The van der Waals surface area contributed by atoms with E-state index in [1.807, 2.05) is 16.4 Å². The van der Waals surface area contributed by atoms with Crippen LogP contribution in [0.5, 0.6) is 0 Å². The van der Waals surface area contributed by atoms with Crippen LogP contribution in [0.2, 0.25) is 0 Å². The number of hydrogen-bond donors (Lipinski definition) is 1. The van der Waals surface area contributed by atoms with Crippen LogP contribution in [0, 0.1) is 0 Å². The standard InChI is InChI=1S/C11H22N4S/c1-4-12-10(6-7-16-3)8-11-13-9-14-15(11)5-2/h9-10,12H,4-8H2,1-3H3. The molecule has 1 aromatic heterocycles. The molecule has 0 aromatic carbocycles. The maximum absolute atomic E-state index is 4.32. The quantitative estimate of drug-likeness (QED) is 0.751. The van der Waals surface area contributed by atoms with Crippen LogP contribution in [0.25, 0.3) is 0 Å². The van der Waals surface area contributed by atoms with E-state index in [0.717, 1.165) is 25.3 Å². The largest absolute Gasteiger partial charge is 0.314 e. The number of nitrogens with zero attached hydrogens (tertiary/aromatic N) is 3. The molecule has 0 aliphatic rings. The van der Waals surface area contributed by atoms with Crippen molar-refractivity contribution in [3.8, 4) is 0 Å². The molecule has 1 aromatic rings. The third-order valence-electron chi connectivity index (χ3n) is 2.59. The molecule has 0 saturated heterocycles. The lowest BCUT2D eigenvalue weighted by atomic mass is 10.1. The van der Waals surface area contributed by atoms with E-state index in [1.165, 1.54) is 12.2 Å². The van der Waals surface area contributed by atoms with Crippen LogP contribution in [-0.4, -0.2) is 39.4 Å². The van der Waals surface area contributed by atoms with Crippen molar-refractivity contribution in [2.24, 2.45) is 0 Å². The molecule has 0 amide bonds. The smallest absolute Gasteiger partial charge is 0.138 e. The maximum Gasteiger partial charge on any atom is 0.138 e. The van der Waals surface area contributed by atoms with Gasteiger partial charge in [-0.25, -0.2) is 4.98 Å². The Balaban J connectivity index is 2.52. The average molecular weight is 242 g/mol. The number of aryl methyl sites for hydroxylation is 1. The highest BCUT2D eigenvalue weighted by atomic mass is 32.2. The number of thioether (sulfide) groups is 1. The molecule has 0 aliphatic heterocycles. The highest BCUT2D eigenvalue weighted by Crippen LogP contribution is 2.06. The van der Waals surface area contributed by atoms with Gasteiger partial charge in [-0.05, 0) is 31.9 Å². The normalized spacial score (nSPS) is 12.9. The molecular formula is C11H22N4S. The van der Waals surface area contributed by atoms with Crippen molar-refractivity contribution in [1.29, 1.82) is 0 Å². The van der Waals surface area contributed by atoms with Crippen LogP contribution < -0.4 is 5.32 Å². The zero-order valence-electron chi connectivity index (χ0n) is 10.4. The Labute approximate surface area is 102 Å². The molecule has 1 rings (SSSR count). The van der Waals surface area contributed by atoms with E-state index < -0.39 is 0 Å². The lowest BCUT2D eigenvalue weighted by Gasteiger charge is -2.16. The fraction of sp³-hybridized carbons (Fsp3) is 0.818. The first-order valence-electron chi connectivity index (χ1n) is 5.90. The second kappa shape index (κ2) is 7.68. The SMILES string of the molecule is CCNC(CCSC)Cc1ncnn1CC. The van der Waals surface area contributed by atoms with Gasteiger partial charge in [0.1, 0.15) is 12.2 Å². The van der Waals surface area contributed by atoms with Gasteiger partial charge >= 0.3 is 0 Å². The average Bonchev–Trinajstić information content (AvgIpc) is 2.73. The monoisotopic (exact) mass is 242 g/mol. The van der Waals surface area contributed by atoms with Gasteiger partial charge in [-0.15, -0.1) is 0 Å². The topological polar surface area (TPSA) is 42.7 Å². The third-order valence-corrected chi connectivity index (χ3v) is 3.23. The molecular weight excluding hydrogens is 220 g/mol. The van der Waals surface area contributed by atoms with E-state index in [0.29, 0.717) is 6.04 Å². The van der Waals surface area contributed by atoms with Crippen molar-refractivity contribution in [2.45, 2.75) is 39.3 Å². The lowest BCUT2D eigenvalue weighted by Crippen LogP contribution is -2.32. The van der Waals surface area contributed by atoms with Gasteiger partial charge in [0.2, 0.25) is 0 Å². The van der Waals surface area contributed by atoms with Crippen LogP contribution in [-0.2, 0) is 13.0 Å². The summed E-state index contributed by atoms with van der Waals surface area (Å²) in [6, 6.07) is 0.520. The highest BCUT2D eigenvalue weighted by molar-refractivity contribution is 7.98. The minimum atomic E-state index is 0.520. The first-order valence-corrected chi connectivity index (χ1v) is 7.30. The molecule has 16 heavy (non-hydrogen) atoms. The Bertz CT molecular complexity index is 287. The van der Waals surface area contributed by atoms with Crippen LogP contribution in [0.3, 0.4) is 0 Å². The van der Waals surface area contributed by atoms with Crippen molar-refractivity contribution in [3.63, 3.8) is 0 Å². The molecule has 1 heterocycles. The summed E-state index contributed by atoms with van der Waals surface area (Å²) in [4.78, 5) is 4.32. The van der Waals surface area contributed by atoms with Gasteiger partial charge in [0.15, 0.2) is 0 Å². The van der Waals surface area contributed by atoms with Crippen LogP contribution in [0.4, 0.5) is 0 Å². The molecule has 0 aliphatic carbocycles. The first kappa shape index (κ1) is 13.5. The molecule has 1 N–H and O–H groups in total. The number of rotatable bonds is 8. The van der Waals surface area contributed by atoms with Crippen molar-refractivity contribution >= 4 is 11.8 Å². The van der Waals surface area contributed by atoms with Crippen LogP contribution >= 0.6 is 11.8 Å². The second-order valence-corrected chi connectivity index (χ2v) is 4.72. The Morgan fingerprint density at radius 3 is 2.94 bits per heavy atom. The molecule has 5 heteroatoms. The fourth-order valence-electron chi connectivity index (χ4n) is 1.76. The molecule has 1 atom stereocenters. The van der Waals surface area contributed by atoms with Gasteiger partial charge in [0.25, 0.3) is 0 Å². The Morgan fingerprint density at radius 2 is 2.31 bits per heavy atom. The minimum absolute atomic E-state index is 0.520. The van der Waals surface area contributed by atoms with E-state index >= 15 is 0 Å². The van der Waals surface area contributed by atoms with Gasteiger partial charge in [0.05, 0.1) is 0 Å². The lowest BCUT2D eigenvalue weighted by molar-refractivity contribution is 0.484. The van der Waals surface area contributed by atoms with Gasteiger partial charge in [-0.2, -0.15) is 16.9 Å². The second-order valence-electron chi connectivity index (χ2n) is 3.73. The van der Waals surface area contributed by atoms with Crippen molar-refractivity contribution < 1.29 is 0 Å². The van der Waals surface area contributed by atoms with Gasteiger partial charge < -0.3 is 5.32 Å². The zero-order valence-corrected chi connectivity index (χ0v) is 11.3. The Hall–Kier alpha value is -0.550. The predicted octanol–water partition coefficient (Wildman–Crippen LogP) is 1.57. The van der Waals surface area contributed by atoms with Gasteiger partial charge in [-0.1, -0.05) is 6.92 Å². The van der Waals surface area contributed by atoms with Gasteiger partial charge in [-0.3, -0.25) is 4.68 Å². The zero-order chi connectivity index (χ0) is 11.8. The van der Waals surface area contributed by atoms with Crippen molar-refractivity contribution in [1.82, 2.24) is 20.1 Å². The van der Waals surface area contributed by atoms with Crippen molar-refractivity contribution in [2.75, 3.05) is 18.6 Å². The van der Waals surface area contributed by atoms with E-state index in [9.17, 15) is 0 Å². The van der Waals surface area contributed by atoms with Crippen LogP contribution in [0.1, 0.15) is 26.1 Å². The molecule has 0 bridgehead atoms. The number of likely N-dealkylation sites (N-methyl/N-ethyl adjacent to an activating group) is 1. The van der Waals surface area contributed by atoms with E-state index in [2.05, 4.69) is 35.5 Å². The van der Waals surface area contributed by atoms with E-state index in [4.69, 9.17) is 0 Å². The summed E-state index contributed by atoms with van der Waals surface area (Å²) in [6.07, 6.45) is 5.96. The summed E-state index contributed by atoms with van der Waals surface area (Å²) < 4.78 is 1.98. The summed E-state index contributed by atoms with van der Waals surface area (Å²) in [5.41, 5.74) is 0. The van der Waals surface area contributed by atoms with Crippen LogP contribution in [0.15, 0.2) is 6.33 Å². The molecule has 92 valence electrons. The van der Waals surface area contributed by atoms with Gasteiger partial charge in [0, 0.05) is 19.0 Å². The number of aromatic nitrogens is 3. The molecule has 4 nitrogen and oxygen atoms in total. The number of hydrogen-bond acceptors (Lipinski definition) is 4. The number of nitrogens with one attached hydrogen (secondary N) is 1. The minimum Gasteiger partial charge on any atom is -0.314 e. The summed E-state index contributed by atoms with van der Waals surface area (Å²) in [5.74, 6) is 2.28. The molecule has 0 radical (unpaired) electrons. The molecule has 0 saturated carbocycles. The first-order chi connectivity index (χ1) is 7.81. The Kier molecular flexibility index (Phi) is 6.49. The maximum atomic E-state index is 4.32. The highest BCUT2D eigenvalue weighted by Gasteiger charge is 2.11. The molecule has 0 fully saturated rings.